The fourth-order valence-electron chi connectivity index (χ4n) is 2.69. The molecule has 2 aromatic heterocycles. The van der Waals surface area contributed by atoms with Gasteiger partial charge in [0, 0.05) is 25.3 Å². The van der Waals surface area contributed by atoms with Gasteiger partial charge < -0.3 is 10.2 Å². The zero-order valence-electron chi connectivity index (χ0n) is 11.4. The van der Waals surface area contributed by atoms with Gasteiger partial charge in [0.2, 0.25) is 5.95 Å². The lowest BCUT2D eigenvalue weighted by atomic mass is 10.1. The molecular weight excluding hydrogens is 238 g/mol. The third-order valence-corrected chi connectivity index (χ3v) is 3.70. The Morgan fingerprint density at radius 2 is 2.16 bits per heavy atom. The van der Waals surface area contributed by atoms with Crippen molar-refractivity contribution in [2.75, 3.05) is 25.0 Å². The summed E-state index contributed by atoms with van der Waals surface area (Å²) in [5.74, 6) is 0.750. The fourth-order valence-corrected chi connectivity index (χ4v) is 2.69. The molecule has 0 aliphatic carbocycles. The van der Waals surface area contributed by atoms with Crippen LogP contribution in [0.4, 0.5) is 5.95 Å². The molecule has 1 aliphatic rings. The molecule has 1 fully saturated rings. The Kier molecular flexibility index (Phi) is 3.64. The van der Waals surface area contributed by atoms with Crippen molar-refractivity contribution in [2.45, 2.75) is 32.2 Å². The lowest BCUT2D eigenvalue weighted by Gasteiger charge is -2.31. The molecule has 0 saturated carbocycles. The minimum absolute atomic E-state index is 0.505. The molecular formula is C14H21N5. The van der Waals surface area contributed by atoms with Crippen LogP contribution in [0.3, 0.4) is 0 Å². The van der Waals surface area contributed by atoms with E-state index >= 15 is 0 Å². The third kappa shape index (κ3) is 2.87. The number of likely N-dealkylation sites (tertiary alicyclic amines) is 1. The van der Waals surface area contributed by atoms with E-state index in [9.17, 15) is 0 Å². The van der Waals surface area contributed by atoms with Crippen molar-refractivity contribution in [1.82, 2.24) is 19.5 Å². The van der Waals surface area contributed by atoms with E-state index < -0.39 is 0 Å². The first kappa shape index (κ1) is 12.4. The van der Waals surface area contributed by atoms with Crippen molar-refractivity contribution >= 4 is 11.6 Å². The van der Waals surface area contributed by atoms with E-state index in [1.807, 2.05) is 28.9 Å². The van der Waals surface area contributed by atoms with Crippen LogP contribution in [0.5, 0.6) is 0 Å². The van der Waals surface area contributed by atoms with Crippen LogP contribution in [-0.2, 0) is 0 Å². The van der Waals surface area contributed by atoms with E-state index in [0.29, 0.717) is 6.04 Å². The lowest BCUT2D eigenvalue weighted by Crippen LogP contribution is -2.39. The molecule has 1 aliphatic heterocycles. The molecule has 102 valence electrons. The molecule has 0 radical (unpaired) electrons. The fraction of sp³-hybridized carbons (Fsp3) is 0.571. The summed E-state index contributed by atoms with van der Waals surface area (Å²) >= 11 is 0. The largest absolute Gasteiger partial charge is 0.350 e. The van der Waals surface area contributed by atoms with Gasteiger partial charge in [0.1, 0.15) is 0 Å². The van der Waals surface area contributed by atoms with Crippen LogP contribution >= 0.6 is 0 Å². The molecule has 0 spiro atoms. The minimum atomic E-state index is 0.505. The van der Waals surface area contributed by atoms with Crippen molar-refractivity contribution in [3.63, 3.8) is 0 Å². The first-order chi connectivity index (χ1) is 9.35. The summed E-state index contributed by atoms with van der Waals surface area (Å²) in [7, 11) is 0. The van der Waals surface area contributed by atoms with E-state index in [4.69, 9.17) is 0 Å². The monoisotopic (exact) mass is 259 g/mol. The highest BCUT2D eigenvalue weighted by atomic mass is 15.3. The summed E-state index contributed by atoms with van der Waals surface area (Å²) < 4.78 is 1.81. The van der Waals surface area contributed by atoms with Gasteiger partial charge in [-0.1, -0.05) is 13.0 Å². The van der Waals surface area contributed by atoms with E-state index in [1.165, 1.54) is 38.9 Å². The molecule has 0 unspecified atom stereocenters. The van der Waals surface area contributed by atoms with E-state index in [2.05, 4.69) is 27.2 Å². The van der Waals surface area contributed by atoms with Gasteiger partial charge in [-0.05, 0) is 37.9 Å². The normalized spacial score (nSPS) is 17.9. The SMILES string of the molecule is CCCN1CCC(Nc2nc3ccccn3n2)CC1. The van der Waals surface area contributed by atoms with Crippen LogP contribution in [0.25, 0.3) is 5.65 Å². The molecule has 0 aromatic carbocycles. The van der Waals surface area contributed by atoms with Gasteiger partial charge in [-0.3, -0.25) is 0 Å². The molecule has 19 heavy (non-hydrogen) atoms. The van der Waals surface area contributed by atoms with Crippen LogP contribution in [0.2, 0.25) is 0 Å². The van der Waals surface area contributed by atoms with Gasteiger partial charge in [0.05, 0.1) is 0 Å². The average Bonchev–Trinajstić information content (AvgIpc) is 2.83. The maximum absolute atomic E-state index is 4.49. The number of anilines is 1. The van der Waals surface area contributed by atoms with Crippen molar-refractivity contribution in [3.8, 4) is 0 Å². The Morgan fingerprint density at radius 1 is 1.32 bits per heavy atom. The molecule has 5 heteroatoms. The molecule has 2 aromatic rings. The highest BCUT2D eigenvalue weighted by Gasteiger charge is 2.19. The maximum Gasteiger partial charge on any atom is 0.243 e. The summed E-state index contributed by atoms with van der Waals surface area (Å²) in [4.78, 5) is 7.03. The first-order valence-electron chi connectivity index (χ1n) is 7.15. The van der Waals surface area contributed by atoms with Crippen LogP contribution < -0.4 is 5.32 Å². The minimum Gasteiger partial charge on any atom is -0.350 e. The average molecular weight is 259 g/mol. The standard InChI is InChI=1S/C14H21N5/c1-2-8-18-10-6-12(7-11-18)15-14-16-13-5-3-4-9-19(13)17-14/h3-5,9,12H,2,6-8,10-11H2,1H3,(H,15,17). The topological polar surface area (TPSA) is 45.5 Å². The Balaban J connectivity index is 1.60. The van der Waals surface area contributed by atoms with E-state index in [1.54, 1.807) is 0 Å². The van der Waals surface area contributed by atoms with Gasteiger partial charge in [0.25, 0.3) is 0 Å². The number of fused-ring (bicyclic) bond motifs is 1. The van der Waals surface area contributed by atoms with Crippen LogP contribution in [0, 0.1) is 0 Å². The Bertz CT molecular complexity index is 494. The second kappa shape index (κ2) is 5.57. The van der Waals surface area contributed by atoms with Gasteiger partial charge in [-0.25, -0.2) is 4.52 Å². The number of aromatic nitrogens is 3. The maximum atomic E-state index is 4.49. The summed E-state index contributed by atoms with van der Waals surface area (Å²) in [6.07, 6.45) is 5.52. The number of pyridine rings is 1. The van der Waals surface area contributed by atoms with E-state index in [-0.39, 0.29) is 0 Å². The van der Waals surface area contributed by atoms with Crippen LogP contribution in [0.1, 0.15) is 26.2 Å². The highest BCUT2D eigenvalue weighted by molar-refractivity contribution is 5.43. The second-order valence-corrected chi connectivity index (χ2v) is 5.20. The Labute approximate surface area is 113 Å². The zero-order chi connectivity index (χ0) is 13.1. The second-order valence-electron chi connectivity index (χ2n) is 5.20. The van der Waals surface area contributed by atoms with Crippen molar-refractivity contribution in [2.24, 2.45) is 0 Å². The summed E-state index contributed by atoms with van der Waals surface area (Å²) in [6, 6.07) is 6.43. The third-order valence-electron chi connectivity index (χ3n) is 3.70. The molecule has 0 bridgehead atoms. The zero-order valence-corrected chi connectivity index (χ0v) is 11.4. The molecule has 0 amide bonds. The molecule has 0 atom stereocenters. The quantitative estimate of drug-likeness (QED) is 0.912. The molecule has 5 nitrogen and oxygen atoms in total. The van der Waals surface area contributed by atoms with Crippen LogP contribution in [-0.4, -0.2) is 45.2 Å². The van der Waals surface area contributed by atoms with Crippen molar-refractivity contribution in [1.29, 1.82) is 0 Å². The number of hydrogen-bond donors (Lipinski definition) is 1. The van der Waals surface area contributed by atoms with E-state index in [0.717, 1.165) is 11.6 Å². The number of hydrogen-bond acceptors (Lipinski definition) is 4. The molecule has 1 N–H and O–H groups in total. The molecule has 3 heterocycles. The van der Waals surface area contributed by atoms with Gasteiger partial charge in [0.15, 0.2) is 5.65 Å². The van der Waals surface area contributed by atoms with Gasteiger partial charge in [-0.15, -0.1) is 5.10 Å². The number of rotatable bonds is 4. The first-order valence-corrected chi connectivity index (χ1v) is 7.15. The summed E-state index contributed by atoms with van der Waals surface area (Å²) in [5, 5.41) is 7.91. The molecule has 3 rings (SSSR count). The smallest absolute Gasteiger partial charge is 0.243 e. The lowest BCUT2D eigenvalue weighted by molar-refractivity contribution is 0.219. The van der Waals surface area contributed by atoms with Crippen LogP contribution in [0.15, 0.2) is 24.4 Å². The predicted octanol–water partition coefficient (Wildman–Crippen LogP) is 2.02. The predicted molar refractivity (Wildman–Crippen MR) is 76.4 cm³/mol. The molecule has 1 saturated heterocycles. The Morgan fingerprint density at radius 3 is 2.89 bits per heavy atom. The van der Waals surface area contributed by atoms with Crippen molar-refractivity contribution in [3.05, 3.63) is 24.4 Å². The Hall–Kier alpha value is -1.62. The number of nitrogens with one attached hydrogen (secondary N) is 1. The number of piperidine rings is 1. The number of nitrogens with zero attached hydrogens (tertiary/aromatic N) is 4. The highest BCUT2D eigenvalue weighted by Crippen LogP contribution is 2.15. The summed E-state index contributed by atoms with van der Waals surface area (Å²) in [5.41, 5.74) is 0.897. The van der Waals surface area contributed by atoms with Crippen molar-refractivity contribution < 1.29 is 0 Å². The van der Waals surface area contributed by atoms with Gasteiger partial charge >= 0.3 is 0 Å². The summed E-state index contributed by atoms with van der Waals surface area (Å²) in [6.45, 7) is 5.82. The van der Waals surface area contributed by atoms with Gasteiger partial charge in [-0.2, -0.15) is 4.98 Å².